The molecule has 0 spiro atoms. The molecule has 3 N–H and O–H groups in total. The summed E-state index contributed by atoms with van der Waals surface area (Å²) in [5, 5.41) is 9.09. The van der Waals surface area contributed by atoms with Crippen molar-refractivity contribution in [1.29, 1.82) is 0 Å². The number of aromatic nitrogens is 1. The minimum Gasteiger partial charge on any atom is -0.497 e. The number of hydrogen-bond donors (Lipinski definition) is 3. The zero-order valence-corrected chi connectivity index (χ0v) is 24.4. The van der Waals surface area contributed by atoms with E-state index in [1.54, 1.807) is 19.2 Å². The summed E-state index contributed by atoms with van der Waals surface area (Å²) in [7, 11) is 2.91. The van der Waals surface area contributed by atoms with Crippen LogP contribution in [0.3, 0.4) is 0 Å². The van der Waals surface area contributed by atoms with Crippen LogP contribution in [0.5, 0.6) is 5.75 Å². The molecule has 2 aromatic carbocycles. The second kappa shape index (κ2) is 13.0. The molecule has 0 radical (unpaired) electrons. The van der Waals surface area contributed by atoms with Gasteiger partial charge in [0.05, 0.1) is 14.2 Å². The van der Waals surface area contributed by atoms with Crippen molar-refractivity contribution in [2.45, 2.75) is 58.9 Å². The molecule has 1 fully saturated rings. The highest BCUT2D eigenvalue weighted by molar-refractivity contribution is 7.17. The van der Waals surface area contributed by atoms with E-state index in [1.165, 1.54) is 7.11 Å². The van der Waals surface area contributed by atoms with E-state index in [-0.39, 0.29) is 16.6 Å². The third-order valence-electron chi connectivity index (χ3n) is 7.18. The Balaban J connectivity index is 1.64. The fraction of sp³-hybridized carbons (Fsp3) is 0.400. The molecule has 3 aromatic rings. The highest BCUT2D eigenvalue weighted by Crippen LogP contribution is 2.33. The van der Waals surface area contributed by atoms with E-state index in [4.69, 9.17) is 9.47 Å². The summed E-state index contributed by atoms with van der Waals surface area (Å²) in [6.07, 6.45) is 4.79. The van der Waals surface area contributed by atoms with E-state index >= 15 is 0 Å². The molecule has 1 aliphatic rings. The van der Waals surface area contributed by atoms with Crippen LogP contribution in [0, 0.1) is 26.7 Å². The van der Waals surface area contributed by atoms with Gasteiger partial charge in [-0.05, 0) is 74.9 Å². The summed E-state index contributed by atoms with van der Waals surface area (Å²) in [5.41, 5.74) is 4.41. The van der Waals surface area contributed by atoms with Crippen LogP contribution < -0.4 is 20.7 Å². The number of anilines is 2. The van der Waals surface area contributed by atoms with E-state index in [9.17, 15) is 14.4 Å². The fourth-order valence-electron chi connectivity index (χ4n) is 5.22. The second-order valence-electron chi connectivity index (χ2n) is 10.2. The lowest BCUT2D eigenvalue weighted by molar-refractivity contribution is -0.144. The molecule has 3 amide bonds. The number of urea groups is 1. The lowest BCUT2D eigenvalue weighted by Crippen LogP contribution is -2.47. The van der Waals surface area contributed by atoms with Crippen LogP contribution in [-0.4, -0.2) is 43.2 Å². The number of nitrogens with zero attached hydrogens (tertiary/aromatic N) is 1. The van der Waals surface area contributed by atoms with Gasteiger partial charge in [0.1, 0.15) is 21.7 Å². The van der Waals surface area contributed by atoms with Crippen molar-refractivity contribution >= 4 is 40.7 Å². The van der Waals surface area contributed by atoms with Crippen molar-refractivity contribution in [3.8, 4) is 16.3 Å². The van der Waals surface area contributed by atoms with Crippen LogP contribution in [0.4, 0.5) is 16.3 Å². The van der Waals surface area contributed by atoms with Crippen molar-refractivity contribution < 1.29 is 23.9 Å². The number of carbonyl (C=O) groups excluding carboxylic acids is 3. The first-order chi connectivity index (χ1) is 19.2. The zero-order chi connectivity index (χ0) is 28.8. The Bertz CT molecular complexity index is 1360. The van der Waals surface area contributed by atoms with Crippen LogP contribution in [0.25, 0.3) is 10.6 Å². The van der Waals surface area contributed by atoms with Crippen LogP contribution in [-0.2, 0) is 9.53 Å². The van der Waals surface area contributed by atoms with Gasteiger partial charge in [-0.25, -0.2) is 14.6 Å². The van der Waals surface area contributed by atoms with Gasteiger partial charge >= 0.3 is 12.0 Å². The first kappa shape index (κ1) is 29.1. The van der Waals surface area contributed by atoms with E-state index in [0.29, 0.717) is 16.4 Å². The number of esters is 1. The zero-order valence-electron chi connectivity index (χ0n) is 23.6. The normalized spacial score (nSPS) is 14.2. The van der Waals surface area contributed by atoms with Gasteiger partial charge in [-0.3, -0.25) is 10.1 Å². The van der Waals surface area contributed by atoms with Gasteiger partial charge in [-0.15, -0.1) is 11.3 Å². The lowest BCUT2D eigenvalue weighted by Gasteiger charge is -2.28. The molecule has 0 unspecified atom stereocenters. The van der Waals surface area contributed by atoms with Crippen molar-refractivity contribution in [2.75, 3.05) is 24.9 Å². The number of methoxy groups -OCH3 is 2. The van der Waals surface area contributed by atoms with Gasteiger partial charge in [-0.2, -0.15) is 0 Å². The number of rotatable bonds is 8. The topological polar surface area (TPSA) is 119 Å². The third-order valence-corrected chi connectivity index (χ3v) is 8.28. The molecule has 1 aromatic heterocycles. The van der Waals surface area contributed by atoms with Gasteiger partial charge in [0.2, 0.25) is 0 Å². The number of nitrogens with one attached hydrogen (secondary N) is 3. The van der Waals surface area contributed by atoms with Gasteiger partial charge in [0, 0.05) is 11.3 Å². The molecule has 0 aliphatic heterocycles. The summed E-state index contributed by atoms with van der Waals surface area (Å²) in [6.45, 7) is 5.86. The van der Waals surface area contributed by atoms with Crippen LogP contribution >= 0.6 is 11.3 Å². The maximum Gasteiger partial charge on any atom is 0.328 e. The summed E-state index contributed by atoms with van der Waals surface area (Å²) in [5.74, 6) is -0.172. The number of benzene rings is 2. The first-order valence-electron chi connectivity index (χ1n) is 13.4. The molecule has 1 aliphatic carbocycles. The SMILES string of the molecule is COC(=O)[C@@H](NC(=O)c1sc(-c2ccc(OC)cc2)nc1NC(=O)Nc1c(C)cc(C)cc1C)C1CCCCC1. The monoisotopic (exact) mass is 564 g/mol. The quantitative estimate of drug-likeness (QED) is 0.279. The Labute approximate surface area is 238 Å². The summed E-state index contributed by atoms with van der Waals surface area (Å²) in [4.78, 5) is 44.2. The Hall–Kier alpha value is -3.92. The van der Waals surface area contributed by atoms with Crippen molar-refractivity contribution in [2.24, 2.45) is 5.92 Å². The molecule has 40 heavy (non-hydrogen) atoms. The number of aryl methyl sites for hydroxylation is 3. The van der Waals surface area contributed by atoms with E-state index < -0.39 is 23.9 Å². The smallest absolute Gasteiger partial charge is 0.328 e. The van der Waals surface area contributed by atoms with Crippen molar-refractivity contribution in [3.05, 3.63) is 58.0 Å². The molecule has 1 heterocycles. The Morgan fingerprint density at radius 3 is 2.20 bits per heavy atom. The fourth-order valence-corrected chi connectivity index (χ4v) is 6.14. The van der Waals surface area contributed by atoms with Gasteiger partial charge in [0.15, 0.2) is 5.82 Å². The number of thiazole rings is 1. The number of carbonyl (C=O) groups is 3. The average molecular weight is 565 g/mol. The lowest BCUT2D eigenvalue weighted by atomic mass is 9.84. The maximum absolute atomic E-state index is 13.6. The predicted molar refractivity (Wildman–Crippen MR) is 157 cm³/mol. The highest BCUT2D eigenvalue weighted by atomic mass is 32.1. The van der Waals surface area contributed by atoms with E-state index in [2.05, 4.69) is 20.9 Å². The summed E-state index contributed by atoms with van der Waals surface area (Å²) < 4.78 is 10.3. The molecule has 0 bridgehead atoms. The number of hydrogen-bond acceptors (Lipinski definition) is 7. The Morgan fingerprint density at radius 2 is 1.60 bits per heavy atom. The Kier molecular flexibility index (Phi) is 9.42. The second-order valence-corrected chi connectivity index (χ2v) is 11.1. The first-order valence-corrected chi connectivity index (χ1v) is 14.2. The van der Waals surface area contributed by atoms with Crippen molar-refractivity contribution in [3.63, 3.8) is 0 Å². The highest BCUT2D eigenvalue weighted by Gasteiger charge is 2.33. The molecular formula is C30H36N4O5S. The van der Waals surface area contributed by atoms with Gasteiger partial charge in [0.25, 0.3) is 5.91 Å². The van der Waals surface area contributed by atoms with E-state index in [1.807, 2.05) is 45.0 Å². The molecule has 9 nitrogen and oxygen atoms in total. The number of amides is 3. The molecule has 1 atom stereocenters. The van der Waals surface area contributed by atoms with E-state index in [0.717, 1.165) is 65.7 Å². The van der Waals surface area contributed by atoms with Crippen LogP contribution in [0.15, 0.2) is 36.4 Å². The summed E-state index contributed by atoms with van der Waals surface area (Å²) in [6, 6.07) is 9.96. The summed E-state index contributed by atoms with van der Waals surface area (Å²) >= 11 is 1.14. The molecule has 212 valence electrons. The van der Waals surface area contributed by atoms with Gasteiger partial charge in [-0.1, -0.05) is 37.0 Å². The minimum atomic E-state index is -0.774. The number of ether oxygens (including phenoxy) is 2. The minimum absolute atomic E-state index is 0.00803. The standard InChI is InChI=1S/C30H36N4O5S/c1-17-15-18(2)23(19(3)16-17)32-30(37)34-26-25(40-28(33-26)21-11-13-22(38-4)14-12-21)27(35)31-24(29(36)39-5)20-9-7-6-8-10-20/h11-16,20,24H,6-10H2,1-5H3,(H,31,35)(H2,32,34,37)/t24-/m0/s1. The third kappa shape index (κ3) is 6.80. The largest absolute Gasteiger partial charge is 0.497 e. The average Bonchev–Trinajstić information content (AvgIpc) is 3.37. The van der Waals surface area contributed by atoms with Crippen molar-refractivity contribution in [1.82, 2.24) is 10.3 Å². The maximum atomic E-state index is 13.6. The van der Waals surface area contributed by atoms with Crippen LogP contribution in [0.1, 0.15) is 58.5 Å². The molecule has 4 rings (SSSR count). The predicted octanol–water partition coefficient (Wildman–Crippen LogP) is 6.24. The molecule has 1 saturated carbocycles. The van der Waals surface area contributed by atoms with Crippen LogP contribution in [0.2, 0.25) is 0 Å². The van der Waals surface area contributed by atoms with Gasteiger partial charge < -0.3 is 20.1 Å². The molecule has 0 saturated heterocycles. The molecular weight excluding hydrogens is 528 g/mol. The molecule has 10 heteroatoms. The Morgan fingerprint density at radius 1 is 0.950 bits per heavy atom.